The Labute approximate surface area is 513 Å². The van der Waals surface area contributed by atoms with E-state index in [2.05, 4.69) is 74.0 Å². The molecule has 2 aromatic rings. The van der Waals surface area contributed by atoms with Crippen molar-refractivity contribution in [3.8, 4) is 11.5 Å². The zero-order chi connectivity index (χ0) is 64.0. The molecule has 0 heterocycles. The molecule has 0 aliphatic heterocycles. The highest BCUT2D eigenvalue weighted by Gasteiger charge is 2.60. The molecule has 8 saturated carbocycles. The maximum Gasteiger partial charge on any atom is 0.312 e. The summed E-state index contributed by atoms with van der Waals surface area (Å²) in [5.74, 6) is 7.03. The molecule has 3 unspecified atom stereocenters. The Morgan fingerprint density at radius 2 is 0.702 bits per heavy atom. The maximum atomic E-state index is 12.6. The molecule has 2 N–H and O–H groups in total. The molecule has 2 aromatic carbocycles. The van der Waals surface area contributed by atoms with Crippen LogP contribution in [0, 0.1) is 68.5 Å². The Balaban J connectivity index is 0.000000274. The van der Waals surface area contributed by atoms with E-state index in [1.165, 1.54) is 95.3 Å². The van der Waals surface area contributed by atoms with Gasteiger partial charge in [0.1, 0.15) is 28.3 Å². The number of aromatic hydroxyl groups is 2. The standard InChI is InChI=1S/2C19H32O2.2C10H14O.C9H18O2.C7H14O2/c2*1-6-17(2,3)16(20)21-18(4,5)19-10-13-7-14(11-19)9-15(8-13)12-19;2*1-3-8(2)9-4-6-10(11)7-5-9;1-6-7(2)8(10)11-9(3,4)5;1-5-7(2,3)6(8)9-4/h2*13-15H,6-12H2,1-5H3;2*4-8,11H,3H2,1-2H3;7H,6H2,1-5H3;5H2,1-4H3. The molecule has 0 saturated heterocycles. The molecule has 0 amide bonds. The quantitative estimate of drug-likeness (QED) is 0.123. The van der Waals surface area contributed by atoms with Crippen molar-refractivity contribution in [3.05, 3.63) is 59.7 Å². The Morgan fingerprint density at radius 3 is 0.905 bits per heavy atom. The van der Waals surface area contributed by atoms with Crippen LogP contribution in [-0.4, -0.2) is 58.0 Å². The molecule has 8 bridgehead atoms. The average molecular weight is 1170 g/mol. The van der Waals surface area contributed by atoms with E-state index in [-0.39, 0.29) is 73.7 Å². The first-order valence-electron chi connectivity index (χ1n) is 33.1. The molecule has 0 aromatic heterocycles. The topological polar surface area (TPSA) is 146 Å². The SMILES string of the molecule is CCC(C)(C)C(=O)OC.CCC(C)(C)C(=O)OC(C)(C)C12CC3CC(CC(C3)C1)C2.CCC(C)(C)C(=O)OC(C)(C)C12CC3CC(CC(C3)C1)C2.CCC(C)C(=O)OC(C)(C)C.CCC(C)c1ccc(O)cc1.CCC(C)c1ccc(O)cc1. The van der Waals surface area contributed by atoms with Gasteiger partial charge in [-0.1, -0.05) is 86.6 Å². The lowest BCUT2D eigenvalue weighted by molar-refractivity contribution is -0.206. The van der Waals surface area contributed by atoms with Gasteiger partial charge in [0.2, 0.25) is 0 Å². The summed E-state index contributed by atoms with van der Waals surface area (Å²) in [6, 6.07) is 14.9. The fourth-order valence-electron chi connectivity index (χ4n) is 14.0. The van der Waals surface area contributed by atoms with E-state index in [4.69, 9.17) is 24.4 Å². The number of phenolic OH excluding ortho intramolecular Hbond substituents is 2. The second kappa shape index (κ2) is 30.7. The van der Waals surface area contributed by atoms with Crippen LogP contribution in [0.2, 0.25) is 0 Å². The smallest absolute Gasteiger partial charge is 0.312 e. The van der Waals surface area contributed by atoms with E-state index in [1.54, 1.807) is 24.3 Å². The molecule has 8 fully saturated rings. The average Bonchev–Trinajstić information content (AvgIpc) is 2.28. The number of methoxy groups -OCH3 is 1. The molecule has 480 valence electrons. The first kappa shape index (κ1) is 74.2. The third-order valence-corrected chi connectivity index (χ3v) is 21.4. The third kappa shape index (κ3) is 20.5. The molecule has 84 heavy (non-hydrogen) atoms. The van der Waals surface area contributed by atoms with Crippen LogP contribution in [0.25, 0.3) is 0 Å². The van der Waals surface area contributed by atoms with Crippen molar-refractivity contribution in [1.29, 1.82) is 0 Å². The lowest BCUT2D eigenvalue weighted by Gasteiger charge is -2.61. The van der Waals surface area contributed by atoms with Crippen molar-refractivity contribution in [2.24, 2.45) is 68.5 Å². The molecular formula is C74H124O10. The van der Waals surface area contributed by atoms with E-state index in [0.29, 0.717) is 23.3 Å². The van der Waals surface area contributed by atoms with E-state index in [0.717, 1.165) is 74.0 Å². The van der Waals surface area contributed by atoms with Gasteiger partial charge in [-0.15, -0.1) is 0 Å². The van der Waals surface area contributed by atoms with Gasteiger partial charge < -0.3 is 29.2 Å². The molecule has 0 spiro atoms. The number of carbonyl (C=O) groups excluding carboxylic acids is 4. The summed E-state index contributed by atoms with van der Waals surface area (Å²) in [7, 11) is 1.42. The first-order chi connectivity index (χ1) is 38.7. The minimum atomic E-state index is -0.362. The van der Waals surface area contributed by atoms with Gasteiger partial charge >= 0.3 is 23.9 Å². The van der Waals surface area contributed by atoms with Gasteiger partial charge in [-0.25, -0.2) is 0 Å². The molecule has 8 aliphatic carbocycles. The van der Waals surface area contributed by atoms with Crippen molar-refractivity contribution in [2.45, 2.75) is 297 Å². The minimum Gasteiger partial charge on any atom is -0.508 e. The summed E-state index contributed by atoms with van der Waals surface area (Å²) in [5.41, 5.74) is 1.09. The lowest BCUT2D eigenvalue weighted by Crippen LogP contribution is -2.58. The molecular weight excluding hydrogens is 1050 g/mol. The van der Waals surface area contributed by atoms with Crippen LogP contribution < -0.4 is 0 Å². The Bertz CT molecular complexity index is 2140. The highest BCUT2D eigenvalue weighted by Crippen LogP contribution is 2.66. The molecule has 3 atom stereocenters. The van der Waals surface area contributed by atoms with E-state index < -0.39 is 0 Å². The normalized spacial score (nSPS) is 25.8. The monoisotopic (exact) mass is 1170 g/mol. The Morgan fingerprint density at radius 1 is 0.440 bits per heavy atom. The number of carbonyl (C=O) groups is 4. The largest absolute Gasteiger partial charge is 0.508 e. The number of hydrogen-bond acceptors (Lipinski definition) is 10. The van der Waals surface area contributed by atoms with E-state index in [9.17, 15) is 19.2 Å². The highest BCUT2D eigenvalue weighted by atomic mass is 16.6. The summed E-state index contributed by atoms with van der Waals surface area (Å²) in [4.78, 5) is 47.2. The predicted molar refractivity (Wildman–Crippen MR) is 345 cm³/mol. The van der Waals surface area contributed by atoms with Crippen LogP contribution in [0.1, 0.15) is 291 Å². The van der Waals surface area contributed by atoms with Crippen molar-refractivity contribution >= 4 is 23.9 Å². The third-order valence-electron chi connectivity index (χ3n) is 21.4. The lowest BCUT2D eigenvalue weighted by atomic mass is 9.46. The first-order valence-corrected chi connectivity index (χ1v) is 33.1. The van der Waals surface area contributed by atoms with Gasteiger partial charge in [-0.05, 0) is 288 Å². The van der Waals surface area contributed by atoms with Crippen LogP contribution in [0.3, 0.4) is 0 Å². The molecule has 10 nitrogen and oxygen atoms in total. The van der Waals surface area contributed by atoms with Crippen molar-refractivity contribution in [1.82, 2.24) is 0 Å². The number of hydrogen-bond donors (Lipinski definition) is 2. The summed E-state index contributed by atoms with van der Waals surface area (Å²) in [6.07, 6.45) is 21.9. The second-order valence-corrected chi connectivity index (χ2v) is 31.0. The van der Waals surface area contributed by atoms with Gasteiger partial charge in [0.25, 0.3) is 0 Å². The van der Waals surface area contributed by atoms with Gasteiger partial charge in [0.05, 0.1) is 29.3 Å². The molecule has 10 rings (SSSR count). The zero-order valence-corrected chi connectivity index (χ0v) is 57.7. The molecule has 8 aliphatic rings. The molecule has 0 radical (unpaired) electrons. The number of ether oxygens (including phenoxy) is 4. The summed E-state index contributed by atoms with van der Waals surface area (Å²) in [5, 5.41) is 18.0. The maximum absolute atomic E-state index is 12.6. The van der Waals surface area contributed by atoms with Crippen molar-refractivity contribution in [3.63, 3.8) is 0 Å². The van der Waals surface area contributed by atoms with Crippen LogP contribution in [0.15, 0.2) is 48.5 Å². The summed E-state index contributed by atoms with van der Waals surface area (Å²) in [6.45, 7) is 44.8. The fraction of sp³-hybridized carbons (Fsp3) is 0.784. The van der Waals surface area contributed by atoms with E-state index in [1.807, 2.05) is 107 Å². The van der Waals surface area contributed by atoms with Crippen LogP contribution >= 0.6 is 0 Å². The number of benzene rings is 2. The predicted octanol–water partition coefficient (Wildman–Crippen LogP) is 19.7. The second-order valence-electron chi connectivity index (χ2n) is 31.0. The fourth-order valence-corrected chi connectivity index (χ4v) is 14.0. The van der Waals surface area contributed by atoms with Crippen molar-refractivity contribution in [2.75, 3.05) is 7.11 Å². The van der Waals surface area contributed by atoms with Crippen LogP contribution in [0.4, 0.5) is 0 Å². The van der Waals surface area contributed by atoms with Crippen molar-refractivity contribution < 1.29 is 48.3 Å². The number of esters is 4. The Hall–Kier alpha value is -4.08. The summed E-state index contributed by atoms with van der Waals surface area (Å²) >= 11 is 0. The van der Waals surface area contributed by atoms with Gasteiger partial charge in [0, 0.05) is 10.8 Å². The number of rotatable bonds is 16. The van der Waals surface area contributed by atoms with E-state index >= 15 is 0 Å². The van der Waals surface area contributed by atoms with Crippen LogP contribution in [0.5, 0.6) is 11.5 Å². The van der Waals surface area contributed by atoms with Gasteiger partial charge in [-0.2, -0.15) is 0 Å². The Kier molecular flexibility index (Phi) is 27.1. The highest BCUT2D eigenvalue weighted by molar-refractivity contribution is 5.77. The number of phenols is 2. The zero-order valence-electron chi connectivity index (χ0n) is 57.7. The molecule has 10 heteroatoms. The summed E-state index contributed by atoms with van der Waals surface area (Å²) < 4.78 is 22.0. The van der Waals surface area contributed by atoms with Crippen LogP contribution in [-0.2, 0) is 38.1 Å². The van der Waals surface area contributed by atoms with Gasteiger partial charge in [0.15, 0.2) is 0 Å². The minimum absolute atomic E-state index is 0.00857. The van der Waals surface area contributed by atoms with Gasteiger partial charge in [-0.3, -0.25) is 19.2 Å².